The lowest BCUT2D eigenvalue weighted by Gasteiger charge is -2.26. The molecule has 1 N–H and O–H groups in total. The normalized spacial score (nSPS) is 12.1. The molecule has 0 bridgehead atoms. The van der Waals surface area contributed by atoms with E-state index in [0.717, 1.165) is 25.0 Å². The Balaban J connectivity index is 1.94. The van der Waals surface area contributed by atoms with Gasteiger partial charge in [0.1, 0.15) is 24.7 Å². The number of carbonyl (C=O) groups is 1. The van der Waals surface area contributed by atoms with E-state index < -0.39 is 38.5 Å². The van der Waals surface area contributed by atoms with Gasteiger partial charge in [0, 0.05) is 28.2 Å². The number of ether oxygens (including phenoxy) is 1. The number of rotatable bonds is 11. The maximum atomic E-state index is 13.2. The molecule has 2 aromatic rings. The highest BCUT2D eigenvalue weighted by Gasteiger charge is 2.27. The Labute approximate surface area is 193 Å². The first kappa shape index (κ1) is 26.5. The van der Waals surface area contributed by atoms with Gasteiger partial charge in [-0.3, -0.25) is 4.79 Å². The lowest BCUT2D eigenvalue weighted by atomic mass is 10.3. The quantitative estimate of drug-likeness (QED) is 0.456. The largest absolute Gasteiger partial charge is 0.492 e. The molecule has 0 aliphatic heterocycles. The van der Waals surface area contributed by atoms with Crippen molar-refractivity contribution in [2.45, 2.75) is 4.90 Å². The minimum absolute atomic E-state index is 0.0719. The zero-order valence-electron chi connectivity index (χ0n) is 18.7. The maximum Gasteiger partial charge on any atom is 0.304 e. The molecule has 2 rings (SSSR count). The summed E-state index contributed by atoms with van der Waals surface area (Å²) in [7, 11) is -2.02. The Morgan fingerprint density at radius 3 is 2.00 bits per heavy atom. The van der Waals surface area contributed by atoms with Gasteiger partial charge in [0.25, 0.3) is 0 Å². The number of nitrogens with one attached hydrogen (secondary N) is 1. The van der Waals surface area contributed by atoms with Gasteiger partial charge >= 0.3 is 10.2 Å². The van der Waals surface area contributed by atoms with Crippen LogP contribution in [0.15, 0.2) is 53.4 Å². The van der Waals surface area contributed by atoms with Gasteiger partial charge in [0.2, 0.25) is 15.9 Å². The van der Waals surface area contributed by atoms with Crippen molar-refractivity contribution in [2.75, 3.05) is 52.2 Å². The van der Waals surface area contributed by atoms with E-state index in [4.69, 9.17) is 4.74 Å². The van der Waals surface area contributed by atoms with Crippen LogP contribution in [0.4, 0.5) is 10.1 Å². The van der Waals surface area contributed by atoms with Crippen LogP contribution in [0.5, 0.6) is 5.75 Å². The summed E-state index contributed by atoms with van der Waals surface area (Å²) in [6, 6.07) is 10.6. The van der Waals surface area contributed by atoms with Crippen LogP contribution in [0.25, 0.3) is 0 Å². The summed E-state index contributed by atoms with van der Waals surface area (Å²) in [5.74, 6) is -0.708. The van der Waals surface area contributed by atoms with Crippen molar-refractivity contribution in [1.82, 2.24) is 13.9 Å². The number of hydrogen-bond donors (Lipinski definition) is 1. The summed E-state index contributed by atoms with van der Waals surface area (Å²) in [5, 5.41) is 2.56. The second-order valence-electron chi connectivity index (χ2n) is 7.23. The maximum absolute atomic E-state index is 13.2. The third-order valence-electron chi connectivity index (χ3n) is 4.44. The fraction of sp³-hybridized carbons (Fsp3) is 0.350. The highest BCUT2D eigenvalue weighted by atomic mass is 32.2. The van der Waals surface area contributed by atoms with Crippen LogP contribution in [0.2, 0.25) is 0 Å². The number of benzene rings is 2. The van der Waals surface area contributed by atoms with Gasteiger partial charge in [-0.15, -0.1) is 0 Å². The predicted octanol–water partition coefficient (Wildman–Crippen LogP) is 0.884. The Bertz CT molecular complexity index is 1150. The van der Waals surface area contributed by atoms with Crippen molar-refractivity contribution in [1.29, 1.82) is 0 Å². The number of carbonyl (C=O) groups excluding carboxylic acids is 1. The molecule has 0 atom stereocenters. The van der Waals surface area contributed by atoms with E-state index in [0.29, 0.717) is 5.75 Å². The molecule has 0 saturated carbocycles. The number of nitrogens with zero attached hydrogens (tertiary/aromatic N) is 3. The zero-order valence-corrected chi connectivity index (χ0v) is 20.4. The Morgan fingerprint density at radius 2 is 1.48 bits per heavy atom. The molecular formula is C20H27FN4O6S2. The Hall–Kier alpha value is -2.74. The minimum atomic E-state index is -4.00. The summed E-state index contributed by atoms with van der Waals surface area (Å²) in [4.78, 5) is 12.5. The van der Waals surface area contributed by atoms with Crippen LogP contribution < -0.4 is 14.4 Å². The van der Waals surface area contributed by atoms with Crippen LogP contribution in [0, 0.1) is 5.82 Å². The Kier molecular flexibility index (Phi) is 8.77. The van der Waals surface area contributed by atoms with Crippen LogP contribution in [0.1, 0.15) is 0 Å². The summed E-state index contributed by atoms with van der Waals surface area (Å²) in [6.07, 6.45) is 0. The van der Waals surface area contributed by atoms with E-state index in [2.05, 4.69) is 5.32 Å². The molecule has 0 fully saturated rings. The summed E-state index contributed by atoms with van der Waals surface area (Å²) in [5.41, 5.74) is 0.143. The smallest absolute Gasteiger partial charge is 0.304 e. The van der Waals surface area contributed by atoms with Gasteiger partial charge in [-0.1, -0.05) is 0 Å². The number of anilines is 1. The molecular weight excluding hydrogens is 475 g/mol. The van der Waals surface area contributed by atoms with Crippen molar-refractivity contribution in [3.8, 4) is 5.75 Å². The summed E-state index contributed by atoms with van der Waals surface area (Å²) >= 11 is 0. The number of halogens is 1. The molecule has 2 aromatic carbocycles. The first-order valence-electron chi connectivity index (χ1n) is 9.73. The van der Waals surface area contributed by atoms with Crippen LogP contribution >= 0.6 is 0 Å². The molecule has 0 aliphatic rings. The van der Waals surface area contributed by atoms with Crippen LogP contribution in [-0.4, -0.2) is 79.2 Å². The fourth-order valence-corrected chi connectivity index (χ4v) is 4.54. The zero-order chi connectivity index (χ0) is 24.8. The second-order valence-corrected chi connectivity index (χ2v) is 11.4. The fourth-order valence-electron chi connectivity index (χ4n) is 2.57. The molecule has 0 aromatic heterocycles. The molecule has 0 spiro atoms. The lowest BCUT2D eigenvalue weighted by molar-refractivity contribution is -0.119. The molecule has 13 heteroatoms. The third kappa shape index (κ3) is 6.87. The average molecular weight is 503 g/mol. The van der Waals surface area contributed by atoms with E-state index in [9.17, 15) is 26.0 Å². The second kappa shape index (κ2) is 10.9. The molecule has 10 nitrogen and oxygen atoms in total. The number of sulfonamides is 1. The van der Waals surface area contributed by atoms with E-state index >= 15 is 0 Å². The van der Waals surface area contributed by atoms with Crippen LogP contribution in [0.3, 0.4) is 0 Å². The Morgan fingerprint density at radius 1 is 0.909 bits per heavy atom. The minimum Gasteiger partial charge on any atom is -0.492 e. The molecule has 0 unspecified atom stereocenters. The third-order valence-corrected chi connectivity index (χ3v) is 8.09. The highest BCUT2D eigenvalue weighted by molar-refractivity contribution is 7.90. The average Bonchev–Trinajstić information content (AvgIpc) is 2.76. The van der Waals surface area contributed by atoms with E-state index in [1.54, 1.807) is 0 Å². The molecule has 0 radical (unpaired) electrons. The monoisotopic (exact) mass is 502 g/mol. The summed E-state index contributed by atoms with van der Waals surface area (Å²) < 4.78 is 71.0. The predicted molar refractivity (Wildman–Crippen MR) is 122 cm³/mol. The lowest BCUT2D eigenvalue weighted by Crippen LogP contribution is -2.46. The molecule has 0 saturated heterocycles. The van der Waals surface area contributed by atoms with Crippen molar-refractivity contribution in [3.05, 3.63) is 54.3 Å². The molecule has 33 heavy (non-hydrogen) atoms. The number of amides is 1. The topological polar surface area (TPSA) is 116 Å². The first-order valence-corrected chi connectivity index (χ1v) is 12.6. The van der Waals surface area contributed by atoms with Crippen LogP contribution in [-0.2, 0) is 25.0 Å². The van der Waals surface area contributed by atoms with Gasteiger partial charge in [0.05, 0.1) is 17.1 Å². The van der Waals surface area contributed by atoms with Crippen molar-refractivity contribution < 1.29 is 30.8 Å². The summed E-state index contributed by atoms with van der Waals surface area (Å²) in [6.45, 7) is -0.360. The van der Waals surface area contributed by atoms with Gasteiger partial charge < -0.3 is 10.1 Å². The molecule has 182 valence electrons. The number of hydrogen-bond acceptors (Lipinski definition) is 6. The molecule has 1 amide bonds. The van der Waals surface area contributed by atoms with Crippen molar-refractivity contribution in [3.63, 3.8) is 0 Å². The van der Waals surface area contributed by atoms with Crippen molar-refractivity contribution in [2.24, 2.45) is 0 Å². The standard InChI is InChI=1S/C20H27FN4O6S2/c1-23(2)32(27,28)19-11-9-18(10-12-19)31-14-13-22-20(26)15-25(33(29,30)24(3)4)17-7-5-16(21)6-8-17/h5-12H,13-15H2,1-4H3,(H,22,26). The van der Waals surface area contributed by atoms with Gasteiger partial charge in [0.15, 0.2) is 0 Å². The van der Waals surface area contributed by atoms with E-state index in [-0.39, 0.29) is 23.7 Å². The van der Waals surface area contributed by atoms with Crippen molar-refractivity contribution >= 4 is 31.8 Å². The molecule has 0 aliphatic carbocycles. The molecule has 0 heterocycles. The van der Waals surface area contributed by atoms with Gasteiger partial charge in [-0.2, -0.15) is 12.7 Å². The highest BCUT2D eigenvalue weighted by Crippen LogP contribution is 2.20. The van der Waals surface area contributed by atoms with Gasteiger partial charge in [-0.05, 0) is 48.5 Å². The first-order chi connectivity index (χ1) is 15.4. The SMILES string of the molecule is CN(C)S(=O)(=O)c1ccc(OCCNC(=O)CN(c2ccc(F)cc2)S(=O)(=O)N(C)C)cc1. The van der Waals surface area contributed by atoms with E-state index in [1.165, 1.54) is 64.6 Å². The van der Waals surface area contributed by atoms with E-state index in [1.807, 2.05) is 0 Å². The van der Waals surface area contributed by atoms with Gasteiger partial charge in [-0.25, -0.2) is 21.4 Å².